The van der Waals surface area contributed by atoms with Crippen molar-refractivity contribution in [2.24, 2.45) is 17.2 Å². The number of nitrogens with zero attached hydrogens (tertiary/aromatic N) is 3. The molecule has 14 rings (SSSR count). The maximum atomic E-state index is 12.6. The molecule has 0 radical (unpaired) electrons. The van der Waals surface area contributed by atoms with Gasteiger partial charge in [-0.05, 0) is 202 Å². The number of hydrogen-bond acceptors (Lipinski definition) is 15. The van der Waals surface area contributed by atoms with Crippen LogP contribution >= 0.6 is 0 Å². The molecular weight excluding hydrogens is 1440 g/mol. The summed E-state index contributed by atoms with van der Waals surface area (Å²) < 4.78 is 80.0. The Labute approximate surface area is 648 Å². The van der Waals surface area contributed by atoms with Crippen molar-refractivity contribution in [3.63, 3.8) is 0 Å². The number of piperidine rings is 4. The molecule has 8 aliphatic rings. The van der Waals surface area contributed by atoms with Gasteiger partial charge in [-0.3, -0.25) is 4.79 Å². The third-order valence-corrected chi connectivity index (χ3v) is 21.8. The zero-order valence-corrected chi connectivity index (χ0v) is 65.4. The summed E-state index contributed by atoms with van der Waals surface area (Å²) in [5.41, 5.74) is 30.4. The van der Waals surface area contributed by atoms with Crippen LogP contribution in [0.25, 0.3) is 0 Å². The lowest BCUT2D eigenvalue weighted by Crippen LogP contribution is -2.53. The number of amides is 3. The molecule has 111 heavy (non-hydrogen) atoms. The van der Waals surface area contributed by atoms with Crippen LogP contribution in [-0.4, -0.2) is 161 Å². The van der Waals surface area contributed by atoms with Crippen molar-refractivity contribution >= 4 is 36.0 Å². The minimum Gasteiger partial charge on any atom is -0.475 e. The van der Waals surface area contributed by atoms with Gasteiger partial charge < -0.3 is 73.1 Å². The maximum absolute atomic E-state index is 12.6. The molecule has 0 bridgehead atoms. The summed E-state index contributed by atoms with van der Waals surface area (Å²) >= 11 is 0. The first-order valence-corrected chi connectivity index (χ1v) is 37.8. The number of Topliss-reactive ketones (excluding diaryl/α,β-unsaturated/α-hetero) is 1. The lowest BCUT2D eigenvalue weighted by molar-refractivity contribution is -0.193. The predicted octanol–water partition coefficient (Wildman–Crippen LogP) is 14.4. The summed E-state index contributed by atoms with van der Waals surface area (Å²) in [7, 11) is 0. The minimum absolute atomic E-state index is 0. The quantitative estimate of drug-likeness (QED) is 0.0600. The zero-order chi connectivity index (χ0) is 80.7. The fraction of sp³-hybridized carbons (Fsp3) is 0.506. The average molecular weight is 1550 g/mol. The second-order valence-electron chi connectivity index (χ2n) is 32.5. The van der Waals surface area contributed by atoms with E-state index in [2.05, 4.69) is 120 Å². The van der Waals surface area contributed by atoms with Crippen LogP contribution in [-0.2, 0) is 89.0 Å². The number of carboxylic acids is 2. The van der Waals surface area contributed by atoms with Gasteiger partial charge in [-0.25, -0.2) is 24.0 Å². The second kappa shape index (κ2) is 37.6. The fourth-order valence-corrected chi connectivity index (χ4v) is 16.3. The Balaban J connectivity index is 0.000000190. The fourth-order valence-electron chi connectivity index (χ4n) is 16.3. The van der Waals surface area contributed by atoms with Crippen LogP contribution in [0.15, 0.2) is 158 Å². The number of rotatable bonds is 4. The van der Waals surface area contributed by atoms with Crippen LogP contribution in [0.4, 0.5) is 40.7 Å². The Kier molecular flexibility index (Phi) is 30.2. The number of fused-ring (bicyclic) bond motifs is 8. The van der Waals surface area contributed by atoms with Crippen molar-refractivity contribution in [2.45, 2.75) is 221 Å². The van der Waals surface area contributed by atoms with Crippen LogP contribution in [0.1, 0.15) is 169 Å². The normalized spacial score (nSPS) is 19.9. The zero-order valence-electron chi connectivity index (χ0n) is 65.4. The number of ketones is 1. The van der Waals surface area contributed by atoms with Gasteiger partial charge in [0.1, 0.15) is 22.6 Å². The Morgan fingerprint density at radius 1 is 0.450 bits per heavy atom. The molecule has 3 unspecified atom stereocenters. The third-order valence-electron chi connectivity index (χ3n) is 21.8. The van der Waals surface area contributed by atoms with Gasteiger partial charge in [-0.15, -0.1) is 0 Å². The lowest BCUT2D eigenvalue weighted by atomic mass is 9.71. The number of nitrogens with two attached hydrogens (primary N) is 3. The van der Waals surface area contributed by atoms with Gasteiger partial charge in [-0.1, -0.05) is 158 Å². The van der Waals surface area contributed by atoms with Gasteiger partial charge in [0.25, 0.3) is 0 Å². The van der Waals surface area contributed by atoms with E-state index in [1.165, 1.54) is 62.9 Å². The number of nitrogens with one attached hydrogen (secondary N) is 2. The van der Waals surface area contributed by atoms with Crippen LogP contribution in [0.5, 0.6) is 0 Å². The molecule has 4 fully saturated rings. The topological polar surface area (TPSA) is 317 Å². The first-order valence-electron chi connectivity index (χ1n) is 37.8. The van der Waals surface area contributed by atoms with E-state index in [0.29, 0.717) is 56.8 Å². The summed E-state index contributed by atoms with van der Waals surface area (Å²) in [5, 5.41) is 21.5. The Hall–Kier alpha value is -8.92. The van der Waals surface area contributed by atoms with E-state index in [4.69, 9.17) is 51.2 Å². The van der Waals surface area contributed by atoms with Crippen LogP contribution in [0, 0.1) is 0 Å². The van der Waals surface area contributed by atoms with Crippen molar-refractivity contribution in [3.8, 4) is 0 Å². The van der Waals surface area contributed by atoms with Gasteiger partial charge in [0.05, 0.1) is 5.41 Å². The predicted molar refractivity (Wildman–Crippen MR) is 415 cm³/mol. The molecule has 606 valence electrons. The standard InChI is InChI=1S/C25H32N2O2.C18H26N2O2.C18H23NO3.C13H18N2.C7H9N.2C2HF3O2.H3N/c1-24(2,3)29-23(28)27-15-13-25(14-16-27)21-12-8-7-11-20(21)17-22(25)26-18-19-9-5-4-6-10-19;1-17(2,3)22-16(21)20-10-8-18(9-11-20)14-7-5-4-6-13(14)12-15(18)19;1-17(2,3)22-16(21)19-10-8-18(9-11-19)14-7-5-4-6-13(14)12-15(18)20;14-12-9-10-3-1-2-4-11(10)13(12)5-7-15-8-6-13;8-6-7-4-2-1-3-5-7;2*3-2(4,5)1(6)7;/h4-12,22,26H,13-18H2,1-3H3;4-7,15H,8-12,19H2,1-3H3;4-7H,8-12H2,1-3H3;1-4,12,15H,5-9,14H2;1-5H,6,8H2;2*(H,6,7);1H3. The summed E-state index contributed by atoms with van der Waals surface area (Å²) in [6.07, 6.45) is 0.327. The molecule has 3 atom stereocenters. The summed E-state index contributed by atoms with van der Waals surface area (Å²) in [6, 6.07) is 55.8. The Bertz CT molecular complexity index is 4030. The lowest BCUT2D eigenvalue weighted by Gasteiger charge is -2.44. The number of carboxylic acid groups (broad SMARTS) is 2. The summed E-state index contributed by atoms with van der Waals surface area (Å²) in [4.78, 5) is 72.7. The molecule has 4 spiro atoms. The number of ether oxygens (including phenoxy) is 3. The molecule has 4 aliphatic carbocycles. The highest BCUT2D eigenvalue weighted by Gasteiger charge is 2.52. The number of hydrogen-bond donors (Lipinski definition) is 8. The van der Waals surface area contributed by atoms with Crippen molar-refractivity contribution < 1.29 is 79.5 Å². The largest absolute Gasteiger partial charge is 0.490 e. The first-order chi connectivity index (χ1) is 51.7. The van der Waals surface area contributed by atoms with E-state index in [1.54, 1.807) is 4.90 Å². The highest BCUT2D eigenvalue weighted by atomic mass is 19.4. The van der Waals surface area contributed by atoms with Crippen molar-refractivity contribution in [2.75, 3.05) is 52.4 Å². The number of aliphatic carboxylic acids is 2. The van der Waals surface area contributed by atoms with Gasteiger partial charge in [-0.2, -0.15) is 26.3 Å². The number of carbonyl (C=O) groups excluding carboxylic acids is 4. The van der Waals surface area contributed by atoms with Gasteiger partial charge in [0.2, 0.25) is 0 Å². The molecule has 13 N–H and O–H groups in total. The maximum Gasteiger partial charge on any atom is 0.490 e. The molecule has 3 amide bonds. The SMILES string of the molecule is CC(C)(C)OC(=O)N1CCC2(CC1)C(=O)Cc1ccccc12.CC(C)(C)OC(=O)N1CCC2(CC1)c1ccccc1CC2N.CC(C)(C)OC(=O)N1CCC2(CC1)c1ccccc1CC2NCc1ccccc1.N.NC1Cc2ccccc2C12CCNCC2.NCc1ccccc1.O=C(O)C(F)(F)F.O=C(O)C(F)(F)F. The van der Waals surface area contributed by atoms with E-state index in [9.17, 15) is 45.5 Å². The smallest absolute Gasteiger partial charge is 0.475 e. The molecule has 26 heteroatoms. The molecule has 6 aromatic carbocycles. The molecule has 4 aliphatic heterocycles. The number of likely N-dealkylation sites (tertiary alicyclic amines) is 3. The van der Waals surface area contributed by atoms with Crippen molar-refractivity contribution in [1.29, 1.82) is 0 Å². The minimum atomic E-state index is -5.08. The van der Waals surface area contributed by atoms with E-state index >= 15 is 0 Å². The Morgan fingerprint density at radius 3 is 1.12 bits per heavy atom. The van der Waals surface area contributed by atoms with Crippen molar-refractivity contribution in [1.82, 2.24) is 31.5 Å². The second-order valence-corrected chi connectivity index (χ2v) is 32.5. The molecular formula is C85H113F6N9O11. The number of benzene rings is 6. The highest BCUT2D eigenvalue weighted by Crippen LogP contribution is 2.49. The van der Waals surface area contributed by atoms with E-state index < -0.39 is 41.1 Å². The highest BCUT2D eigenvalue weighted by molar-refractivity contribution is 5.97. The molecule has 20 nitrogen and oxygen atoms in total. The molecule has 4 heterocycles. The van der Waals surface area contributed by atoms with Gasteiger partial charge >= 0.3 is 42.6 Å². The molecule has 0 saturated carbocycles. The van der Waals surface area contributed by atoms with Gasteiger partial charge in [0.15, 0.2) is 0 Å². The van der Waals surface area contributed by atoms with Crippen LogP contribution in [0.3, 0.4) is 0 Å². The summed E-state index contributed by atoms with van der Waals surface area (Å²) in [5.74, 6) is -5.21. The molecule has 0 aromatic heterocycles. The van der Waals surface area contributed by atoms with E-state index in [-0.39, 0.29) is 52.1 Å². The van der Waals surface area contributed by atoms with Crippen molar-refractivity contribution in [3.05, 3.63) is 213 Å². The third kappa shape index (κ3) is 23.1. The van der Waals surface area contributed by atoms with Crippen LogP contribution < -0.4 is 34.0 Å². The molecule has 6 aromatic rings. The Morgan fingerprint density at radius 2 is 0.757 bits per heavy atom. The van der Waals surface area contributed by atoms with E-state index in [1.807, 2.05) is 121 Å². The number of halogens is 6. The van der Waals surface area contributed by atoms with Gasteiger partial charge in [0, 0.05) is 93.1 Å². The number of carbonyl (C=O) groups is 6. The van der Waals surface area contributed by atoms with E-state index in [0.717, 1.165) is 96.3 Å². The summed E-state index contributed by atoms with van der Waals surface area (Å²) in [6.45, 7) is 24.9. The number of alkyl halides is 6. The first kappa shape index (κ1) is 89.3. The van der Waals surface area contributed by atoms with Crippen LogP contribution in [0.2, 0.25) is 0 Å². The molecule has 4 saturated heterocycles. The monoisotopic (exact) mass is 1550 g/mol. The average Bonchev–Trinajstić information content (AvgIpc) is 1.66.